The van der Waals surface area contributed by atoms with Gasteiger partial charge in [-0.3, -0.25) is 0 Å². The molecule has 2 spiro atoms. The first-order valence-corrected chi connectivity index (χ1v) is 15.8. The number of rotatable bonds is 4. The Hall–Kier alpha value is -0.940. The van der Waals surface area contributed by atoms with E-state index in [-0.39, 0.29) is 34.6 Å². The maximum atomic E-state index is 12.3. The van der Waals surface area contributed by atoms with E-state index in [4.69, 9.17) is 4.74 Å². The average Bonchev–Trinajstić information content (AvgIpc) is 3.52. The second-order valence-corrected chi connectivity index (χ2v) is 15.8. The van der Waals surface area contributed by atoms with Crippen molar-refractivity contribution in [3.8, 4) is 0 Å². The van der Waals surface area contributed by atoms with Crippen LogP contribution in [0.25, 0.3) is 0 Å². The van der Waals surface area contributed by atoms with Crippen LogP contribution in [0.15, 0.2) is 30.3 Å². The first-order valence-electron chi connectivity index (χ1n) is 15.8. The Morgan fingerprint density at radius 2 is 1.63 bits per heavy atom. The molecular formula is C34H51NO3. The number of nitrogens with one attached hydrogen (secondary N) is 1. The minimum absolute atomic E-state index is 0.00819. The summed E-state index contributed by atoms with van der Waals surface area (Å²) in [4.78, 5) is 0. The van der Waals surface area contributed by atoms with Crippen LogP contribution in [0.2, 0.25) is 0 Å². The molecule has 0 aromatic heterocycles. The third kappa shape index (κ3) is 3.07. The van der Waals surface area contributed by atoms with Gasteiger partial charge in [0.25, 0.3) is 0 Å². The molecule has 3 unspecified atom stereocenters. The van der Waals surface area contributed by atoms with Gasteiger partial charge < -0.3 is 20.3 Å². The first-order chi connectivity index (χ1) is 18.0. The standard InChI is InChI=1S/C34H51NO3/c1-21-17-23(19-35-18-22-9-7-6-8-10-22)38-28-27(21)31(4)15-16-34-20-33(34)14-13-26(36)30(2,3)24(33)11-12-25(34)32(31,5)29(28)37/h6-10,21,23-29,35-37H,11-20H2,1-5H3/t21-,23-,24?,25?,26+,27?,28+,29+,31-,32-,33-,34+/m1/s1. The highest BCUT2D eigenvalue weighted by Gasteiger charge is 2.84. The van der Waals surface area contributed by atoms with Gasteiger partial charge in [-0.15, -0.1) is 0 Å². The highest BCUT2D eigenvalue weighted by atomic mass is 16.5. The molecule has 0 radical (unpaired) electrons. The molecule has 1 aromatic carbocycles. The molecule has 1 aromatic rings. The predicted octanol–water partition coefficient (Wildman–Crippen LogP) is 5.95. The molecule has 7 rings (SSSR count). The Labute approximate surface area is 230 Å². The summed E-state index contributed by atoms with van der Waals surface area (Å²) in [5, 5.41) is 26.9. The third-order valence-electron chi connectivity index (χ3n) is 14.4. The minimum Gasteiger partial charge on any atom is -0.393 e. The van der Waals surface area contributed by atoms with Crippen molar-refractivity contribution in [3.63, 3.8) is 0 Å². The monoisotopic (exact) mass is 521 g/mol. The topological polar surface area (TPSA) is 61.7 Å². The van der Waals surface area contributed by atoms with Crippen LogP contribution < -0.4 is 5.32 Å². The van der Waals surface area contributed by atoms with Crippen molar-refractivity contribution in [2.24, 2.45) is 50.7 Å². The summed E-state index contributed by atoms with van der Waals surface area (Å²) in [6.45, 7) is 13.8. The lowest BCUT2D eigenvalue weighted by molar-refractivity contribution is -0.182. The normalized spacial score (nSPS) is 54.2. The smallest absolute Gasteiger partial charge is 0.0880 e. The summed E-state index contributed by atoms with van der Waals surface area (Å²) in [7, 11) is 0. The Kier molecular flexibility index (Phi) is 5.68. The maximum Gasteiger partial charge on any atom is 0.0880 e. The van der Waals surface area contributed by atoms with E-state index in [1.165, 1.54) is 44.1 Å². The van der Waals surface area contributed by atoms with E-state index in [1.807, 2.05) is 0 Å². The van der Waals surface area contributed by atoms with Crippen LogP contribution in [0.5, 0.6) is 0 Å². The van der Waals surface area contributed by atoms with Crippen LogP contribution in [-0.4, -0.2) is 41.2 Å². The highest BCUT2D eigenvalue weighted by molar-refractivity contribution is 5.32. The fourth-order valence-corrected chi connectivity index (χ4v) is 12.5. The zero-order valence-electron chi connectivity index (χ0n) is 24.4. The Balaban J connectivity index is 1.14. The van der Waals surface area contributed by atoms with Gasteiger partial charge in [-0.25, -0.2) is 0 Å². The lowest BCUT2D eigenvalue weighted by atomic mass is 9.41. The van der Waals surface area contributed by atoms with Gasteiger partial charge in [-0.2, -0.15) is 0 Å². The van der Waals surface area contributed by atoms with E-state index >= 15 is 0 Å². The first kappa shape index (κ1) is 26.0. The molecule has 38 heavy (non-hydrogen) atoms. The summed E-state index contributed by atoms with van der Waals surface area (Å²) < 4.78 is 6.89. The van der Waals surface area contributed by atoms with Gasteiger partial charge in [0.15, 0.2) is 0 Å². The van der Waals surface area contributed by atoms with Gasteiger partial charge in [0.1, 0.15) is 0 Å². The van der Waals surface area contributed by atoms with E-state index in [0.717, 1.165) is 25.9 Å². The van der Waals surface area contributed by atoms with Crippen LogP contribution in [0, 0.1) is 50.7 Å². The largest absolute Gasteiger partial charge is 0.393 e. The second-order valence-electron chi connectivity index (χ2n) is 15.8. The number of benzene rings is 1. The highest BCUT2D eigenvalue weighted by Crippen LogP contribution is 2.89. The van der Waals surface area contributed by atoms with Gasteiger partial charge in [0.2, 0.25) is 0 Å². The third-order valence-corrected chi connectivity index (χ3v) is 14.4. The molecule has 210 valence electrons. The molecule has 1 aliphatic heterocycles. The van der Waals surface area contributed by atoms with Crippen LogP contribution >= 0.6 is 0 Å². The van der Waals surface area contributed by atoms with Crippen molar-refractivity contribution in [3.05, 3.63) is 35.9 Å². The van der Waals surface area contributed by atoms with E-state index in [9.17, 15) is 10.2 Å². The van der Waals surface area contributed by atoms with E-state index in [1.54, 1.807) is 0 Å². The molecule has 4 heteroatoms. The summed E-state index contributed by atoms with van der Waals surface area (Å²) in [6, 6.07) is 10.6. The zero-order valence-corrected chi connectivity index (χ0v) is 24.4. The molecule has 5 aliphatic carbocycles. The van der Waals surface area contributed by atoms with Crippen molar-refractivity contribution in [1.29, 1.82) is 0 Å². The van der Waals surface area contributed by atoms with Crippen LogP contribution in [0.3, 0.4) is 0 Å². The summed E-state index contributed by atoms with van der Waals surface area (Å²) in [6.07, 6.45) is 9.07. The van der Waals surface area contributed by atoms with E-state index in [0.29, 0.717) is 34.5 Å². The molecule has 5 saturated carbocycles. The number of aliphatic hydroxyl groups excluding tert-OH is 2. The van der Waals surface area contributed by atoms with E-state index < -0.39 is 6.10 Å². The molecule has 0 amide bonds. The van der Waals surface area contributed by atoms with E-state index in [2.05, 4.69) is 70.3 Å². The van der Waals surface area contributed by atoms with Gasteiger partial charge >= 0.3 is 0 Å². The van der Waals surface area contributed by atoms with Gasteiger partial charge in [-0.05, 0) is 102 Å². The summed E-state index contributed by atoms with van der Waals surface area (Å²) >= 11 is 0. The van der Waals surface area contributed by atoms with Crippen LogP contribution in [-0.2, 0) is 11.3 Å². The number of hydrogen-bond acceptors (Lipinski definition) is 4. The fourth-order valence-electron chi connectivity index (χ4n) is 12.5. The van der Waals surface area contributed by atoms with Gasteiger partial charge in [0.05, 0.1) is 24.4 Å². The summed E-state index contributed by atoms with van der Waals surface area (Å²) in [5.74, 6) is 2.18. The predicted molar refractivity (Wildman–Crippen MR) is 150 cm³/mol. The Morgan fingerprint density at radius 3 is 2.39 bits per heavy atom. The van der Waals surface area contributed by atoms with Gasteiger partial charge in [0, 0.05) is 18.5 Å². The van der Waals surface area contributed by atoms with Gasteiger partial charge in [-0.1, -0.05) is 65.0 Å². The molecule has 6 fully saturated rings. The molecular weight excluding hydrogens is 470 g/mol. The van der Waals surface area contributed by atoms with Crippen molar-refractivity contribution < 1.29 is 14.9 Å². The molecule has 1 heterocycles. The van der Waals surface area contributed by atoms with Crippen molar-refractivity contribution in [2.45, 2.75) is 117 Å². The fraction of sp³-hybridized carbons (Fsp3) is 0.824. The maximum absolute atomic E-state index is 12.3. The Morgan fingerprint density at radius 1 is 0.921 bits per heavy atom. The number of aliphatic hydroxyl groups is 2. The second kappa shape index (κ2) is 8.30. The number of fused-ring (bicyclic) bond motifs is 4. The molecule has 4 nitrogen and oxygen atoms in total. The molecule has 1 saturated heterocycles. The molecule has 12 atom stereocenters. The number of ether oxygens (including phenoxy) is 1. The quantitative estimate of drug-likeness (QED) is 0.458. The summed E-state index contributed by atoms with van der Waals surface area (Å²) in [5.41, 5.74) is 2.10. The zero-order chi connectivity index (χ0) is 26.7. The SMILES string of the molecule is C[C@@H]1C[C@H](CNCc2ccccc2)O[C@H]2C1[C@@]1(C)CC[C@@]34C[C@@]35CC[C@H](O)C(C)(C)C5CCC4[C@]1(C)[C@H]2O. The lowest BCUT2D eigenvalue weighted by Crippen LogP contribution is -2.59. The molecule has 6 aliphatic rings. The van der Waals surface area contributed by atoms with Crippen molar-refractivity contribution in [1.82, 2.24) is 5.32 Å². The van der Waals surface area contributed by atoms with Crippen LogP contribution in [0.4, 0.5) is 0 Å². The minimum atomic E-state index is -0.393. The number of hydrogen-bond donors (Lipinski definition) is 3. The van der Waals surface area contributed by atoms with Crippen LogP contribution in [0.1, 0.15) is 91.5 Å². The van der Waals surface area contributed by atoms with Crippen molar-refractivity contribution in [2.75, 3.05) is 6.54 Å². The van der Waals surface area contributed by atoms with Crippen molar-refractivity contribution >= 4 is 0 Å². The molecule has 0 bridgehead atoms. The molecule has 3 N–H and O–H groups in total. The lowest BCUT2D eigenvalue weighted by Gasteiger charge is -2.63. The Bertz CT molecular complexity index is 1070. The average molecular weight is 522 g/mol.